The number of rotatable bonds is 2. The number of nitrogens with two attached hydrogens (primary N) is 1. The minimum absolute atomic E-state index is 0.214. The summed E-state index contributed by atoms with van der Waals surface area (Å²) in [4.78, 5) is 17.5. The molecular weight excluding hydrogens is 294 g/mol. The standard InChI is InChI=1S/C14H12ClN3OS/c1-9-7-12(20-11(9)3-2-6-16)14(19)18-13-5-4-10(15)8-17-13/h4-5,7-8H,6,16H2,1H3,(H,17,18,19). The second-order valence-corrected chi connectivity index (χ2v) is 5.43. The Hall–Kier alpha value is -1.87. The molecule has 0 saturated heterocycles. The molecule has 0 fully saturated rings. The number of nitrogens with zero attached hydrogens (tertiary/aromatic N) is 1. The lowest BCUT2D eigenvalue weighted by Crippen LogP contribution is -2.11. The lowest BCUT2D eigenvalue weighted by Gasteiger charge is -2.01. The summed E-state index contributed by atoms with van der Waals surface area (Å²) in [5, 5.41) is 3.23. The second kappa shape index (κ2) is 6.53. The molecule has 2 heterocycles. The summed E-state index contributed by atoms with van der Waals surface area (Å²) in [6.07, 6.45) is 1.48. The number of thiophene rings is 1. The first-order valence-corrected chi connectivity index (χ1v) is 7.02. The maximum absolute atomic E-state index is 12.1. The zero-order valence-corrected chi connectivity index (χ0v) is 12.3. The normalized spacial score (nSPS) is 9.75. The summed E-state index contributed by atoms with van der Waals surface area (Å²) in [6.45, 7) is 2.21. The van der Waals surface area contributed by atoms with Gasteiger partial charge >= 0.3 is 0 Å². The fourth-order valence-electron chi connectivity index (χ4n) is 1.48. The number of anilines is 1. The summed E-state index contributed by atoms with van der Waals surface area (Å²) in [7, 11) is 0. The molecule has 0 saturated carbocycles. The highest BCUT2D eigenvalue weighted by Gasteiger charge is 2.12. The Morgan fingerprint density at radius 3 is 3.00 bits per heavy atom. The molecule has 3 N–H and O–H groups in total. The molecule has 2 aromatic heterocycles. The van der Waals surface area contributed by atoms with Crippen LogP contribution in [0.2, 0.25) is 5.02 Å². The number of carbonyl (C=O) groups excluding carboxylic acids is 1. The van der Waals surface area contributed by atoms with Crippen LogP contribution < -0.4 is 11.1 Å². The van der Waals surface area contributed by atoms with E-state index in [-0.39, 0.29) is 5.91 Å². The topological polar surface area (TPSA) is 68.0 Å². The van der Waals surface area contributed by atoms with Gasteiger partial charge in [-0.2, -0.15) is 0 Å². The van der Waals surface area contributed by atoms with Crippen LogP contribution >= 0.6 is 22.9 Å². The molecule has 102 valence electrons. The van der Waals surface area contributed by atoms with E-state index >= 15 is 0 Å². The van der Waals surface area contributed by atoms with Crippen LogP contribution in [-0.4, -0.2) is 17.4 Å². The Kier molecular flexibility index (Phi) is 4.74. The molecule has 4 nitrogen and oxygen atoms in total. The molecule has 2 aromatic rings. The molecule has 0 unspecified atom stereocenters. The molecule has 0 bridgehead atoms. The third kappa shape index (κ3) is 3.58. The molecule has 1 amide bonds. The van der Waals surface area contributed by atoms with E-state index in [1.807, 2.05) is 6.92 Å². The van der Waals surface area contributed by atoms with Crippen LogP contribution in [0, 0.1) is 18.8 Å². The highest BCUT2D eigenvalue weighted by molar-refractivity contribution is 7.14. The monoisotopic (exact) mass is 305 g/mol. The number of amides is 1. The number of hydrogen-bond donors (Lipinski definition) is 2. The van der Waals surface area contributed by atoms with Gasteiger partial charge in [-0.25, -0.2) is 4.98 Å². The summed E-state index contributed by atoms with van der Waals surface area (Å²) in [5.74, 6) is 5.98. The number of hydrogen-bond acceptors (Lipinski definition) is 4. The second-order valence-electron chi connectivity index (χ2n) is 3.94. The molecule has 0 aliphatic heterocycles. The first-order chi connectivity index (χ1) is 9.60. The van der Waals surface area contributed by atoms with Crippen LogP contribution in [-0.2, 0) is 0 Å². The van der Waals surface area contributed by atoms with Crippen molar-refractivity contribution in [2.24, 2.45) is 5.73 Å². The SMILES string of the molecule is Cc1cc(C(=O)Nc2ccc(Cl)cn2)sc1C#CCN. The van der Waals surface area contributed by atoms with E-state index in [4.69, 9.17) is 17.3 Å². The average molecular weight is 306 g/mol. The van der Waals surface area contributed by atoms with Gasteiger partial charge < -0.3 is 11.1 Å². The molecular formula is C14H12ClN3OS. The van der Waals surface area contributed by atoms with Crippen molar-refractivity contribution < 1.29 is 4.79 Å². The van der Waals surface area contributed by atoms with Gasteiger partial charge in [-0.3, -0.25) is 4.79 Å². The van der Waals surface area contributed by atoms with E-state index in [0.29, 0.717) is 22.3 Å². The first-order valence-electron chi connectivity index (χ1n) is 5.82. The fraction of sp³-hybridized carbons (Fsp3) is 0.143. The zero-order valence-electron chi connectivity index (χ0n) is 10.7. The van der Waals surface area contributed by atoms with Gasteiger partial charge in [0.2, 0.25) is 0 Å². The van der Waals surface area contributed by atoms with Crippen molar-refractivity contribution in [1.29, 1.82) is 0 Å². The van der Waals surface area contributed by atoms with Crippen LogP contribution in [0.1, 0.15) is 20.1 Å². The molecule has 0 radical (unpaired) electrons. The lowest BCUT2D eigenvalue weighted by molar-refractivity contribution is 0.103. The Morgan fingerprint density at radius 1 is 1.55 bits per heavy atom. The van der Waals surface area contributed by atoms with Gasteiger partial charge in [-0.15, -0.1) is 11.3 Å². The van der Waals surface area contributed by atoms with Crippen LogP contribution in [0.5, 0.6) is 0 Å². The van der Waals surface area contributed by atoms with Gasteiger partial charge in [-0.1, -0.05) is 23.4 Å². The van der Waals surface area contributed by atoms with Crippen LogP contribution in [0.15, 0.2) is 24.4 Å². The molecule has 2 rings (SSSR count). The van der Waals surface area contributed by atoms with Gasteiger partial charge in [0, 0.05) is 6.20 Å². The average Bonchev–Trinajstić information content (AvgIpc) is 2.80. The summed E-state index contributed by atoms with van der Waals surface area (Å²) in [6, 6.07) is 5.12. The fourth-order valence-corrected chi connectivity index (χ4v) is 2.53. The van der Waals surface area contributed by atoms with E-state index in [0.717, 1.165) is 10.4 Å². The van der Waals surface area contributed by atoms with Gasteiger partial charge in [0.1, 0.15) is 5.82 Å². The molecule has 0 spiro atoms. The van der Waals surface area contributed by atoms with Crippen LogP contribution in [0.25, 0.3) is 0 Å². The van der Waals surface area contributed by atoms with Crippen molar-refractivity contribution in [3.63, 3.8) is 0 Å². The van der Waals surface area contributed by atoms with Crippen molar-refractivity contribution in [3.8, 4) is 11.8 Å². The largest absolute Gasteiger partial charge is 0.320 e. The van der Waals surface area contributed by atoms with E-state index in [1.54, 1.807) is 18.2 Å². The molecule has 0 aromatic carbocycles. The molecule has 6 heteroatoms. The highest BCUT2D eigenvalue weighted by atomic mass is 35.5. The molecule has 0 atom stereocenters. The van der Waals surface area contributed by atoms with Crippen molar-refractivity contribution in [3.05, 3.63) is 44.7 Å². The summed E-state index contributed by atoms with van der Waals surface area (Å²) >= 11 is 7.07. The maximum atomic E-state index is 12.1. The van der Waals surface area contributed by atoms with E-state index in [9.17, 15) is 4.79 Å². The quantitative estimate of drug-likeness (QED) is 0.838. The molecule has 20 heavy (non-hydrogen) atoms. The van der Waals surface area contributed by atoms with E-state index < -0.39 is 0 Å². The number of carbonyl (C=O) groups is 1. The van der Waals surface area contributed by atoms with Crippen molar-refractivity contribution >= 4 is 34.7 Å². The van der Waals surface area contributed by atoms with Gasteiger partial charge in [-0.05, 0) is 30.7 Å². The lowest BCUT2D eigenvalue weighted by atomic mass is 10.2. The third-order valence-corrected chi connectivity index (χ3v) is 3.79. The summed E-state index contributed by atoms with van der Waals surface area (Å²) in [5.41, 5.74) is 6.30. The van der Waals surface area contributed by atoms with Crippen molar-refractivity contribution in [2.75, 3.05) is 11.9 Å². The predicted octanol–water partition coefficient (Wildman–Crippen LogP) is 2.67. The number of aromatic nitrogens is 1. The van der Waals surface area contributed by atoms with E-state index in [1.165, 1.54) is 17.5 Å². The van der Waals surface area contributed by atoms with Crippen molar-refractivity contribution in [1.82, 2.24) is 4.98 Å². The molecule has 0 aliphatic carbocycles. The number of pyridine rings is 1. The van der Waals surface area contributed by atoms with Gasteiger partial charge in [0.25, 0.3) is 5.91 Å². The highest BCUT2D eigenvalue weighted by Crippen LogP contribution is 2.22. The minimum atomic E-state index is -0.214. The summed E-state index contributed by atoms with van der Waals surface area (Å²) < 4.78 is 0. The maximum Gasteiger partial charge on any atom is 0.266 e. The smallest absolute Gasteiger partial charge is 0.266 e. The van der Waals surface area contributed by atoms with Crippen molar-refractivity contribution in [2.45, 2.75) is 6.92 Å². The number of halogens is 1. The first kappa shape index (κ1) is 14.5. The third-order valence-electron chi connectivity index (χ3n) is 2.41. The van der Waals surface area contributed by atoms with E-state index in [2.05, 4.69) is 22.1 Å². The van der Waals surface area contributed by atoms with Gasteiger partial charge in [0.15, 0.2) is 0 Å². The Morgan fingerprint density at radius 2 is 2.35 bits per heavy atom. The predicted molar refractivity (Wildman–Crippen MR) is 82.2 cm³/mol. The zero-order chi connectivity index (χ0) is 14.5. The Balaban J connectivity index is 2.15. The van der Waals surface area contributed by atoms with Gasteiger partial charge in [0.05, 0.1) is 21.3 Å². The Labute approximate surface area is 126 Å². The molecule has 0 aliphatic rings. The van der Waals surface area contributed by atoms with Crippen LogP contribution in [0.3, 0.4) is 0 Å². The Bertz CT molecular complexity index is 683. The minimum Gasteiger partial charge on any atom is -0.320 e. The number of nitrogens with one attached hydrogen (secondary N) is 1. The number of aryl methyl sites for hydroxylation is 1. The van der Waals surface area contributed by atoms with Crippen LogP contribution in [0.4, 0.5) is 5.82 Å².